The lowest BCUT2D eigenvalue weighted by Gasteiger charge is -2.21. The first kappa shape index (κ1) is 13.1. The van der Waals surface area contributed by atoms with Crippen molar-refractivity contribution >= 4 is 11.8 Å². The number of anilines is 2. The van der Waals surface area contributed by atoms with Gasteiger partial charge in [0.1, 0.15) is 5.82 Å². The minimum absolute atomic E-state index is 0.203. The zero-order valence-electron chi connectivity index (χ0n) is 11.1. The molecule has 0 saturated heterocycles. The van der Waals surface area contributed by atoms with E-state index in [-0.39, 0.29) is 5.95 Å². The molecule has 0 aliphatic carbocycles. The molecule has 2 heterocycles. The van der Waals surface area contributed by atoms with Gasteiger partial charge in [0, 0.05) is 18.8 Å². The van der Waals surface area contributed by atoms with Crippen molar-refractivity contribution in [2.45, 2.75) is 13.5 Å². The number of ether oxygens (including phenoxy) is 1. The third kappa shape index (κ3) is 3.31. The molecule has 0 bridgehead atoms. The maximum Gasteiger partial charge on any atom is 0.225 e. The van der Waals surface area contributed by atoms with Gasteiger partial charge in [0.2, 0.25) is 11.8 Å². The maximum atomic E-state index is 5.68. The molecule has 2 N–H and O–H groups in total. The summed E-state index contributed by atoms with van der Waals surface area (Å²) in [7, 11) is 1.56. The van der Waals surface area contributed by atoms with Gasteiger partial charge in [-0.3, -0.25) is 4.98 Å². The summed E-state index contributed by atoms with van der Waals surface area (Å²) in [5.74, 6) is 1.40. The van der Waals surface area contributed by atoms with E-state index < -0.39 is 0 Å². The largest absolute Gasteiger partial charge is 0.481 e. The number of nitrogens with zero attached hydrogens (tertiary/aromatic N) is 4. The fourth-order valence-electron chi connectivity index (χ4n) is 1.74. The van der Waals surface area contributed by atoms with E-state index in [0.29, 0.717) is 12.4 Å². The van der Waals surface area contributed by atoms with Gasteiger partial charge in [-0.15, -0.1) is 0 Å². The summed E-state index contributed by atoms with van der Waals surface area (Å²) in [6, 6.07) is 7.60. The lowest BCUT2D eigenvalue weighted by molar-refractivity contribution is 0.397. The van der Waals surface area contributed by atoms with Crippen LogP contribution < -0.4 is 15.4 Å². The van der Waals surface area contributed by atoms with E-state index in [9.17, 15) is 0 Å². The van der Waals surface area contributed by atoms with Crippen LogP contribution in [0.1, 0.15) is 12.6 Å². The fourth-order valence-corrected chi connectivity index (χ4v) is 1.74. The first-order valence-electron chi connectivity index (χ1n) is 6.06. The molecular formula is C13H17N5O. The van der Waals surface area contributed by atoms with Gasteiger partial charge >= 0.3 is 0 Å². The molecule has 0 aromatic carbocycles. The third-order valence-electron chi connectivity index (χ3n) is 2.70. The Bertz CT molecular complexity index is 532. The molecule has 0 aliphatic heterocycles. The summed E-state index contributed by atoms with van der Waals surface area (Å²) < 4.78 is 5.11. The van der Waals surface area contributed by atoms with E-state index in [1.165, 1.54) is 0 Å². The van der Waals surface area contributed by atoms with Gasteiger partial charge in [-0.2, -0.15) is 9.97 Å². The van der Waals surface area contributed by atoms with Crippen LogP contribution in [-0.2, 0) is 6.54 Å². The summed E-state index contributed by atoms with van der Waals surface area (Å²) in [5, 5.41) is 0. The molecular weight excluding hydrogens is 242 g/mol. The Morgan fingerprint density at radius 1 is 1.32 bits per heavy atom. The first-order chi connectivity index (χ1) is 9.22. The van der Waals surface area contributed by atoms with E-state index >= 15 is 0 Å². The smallest absolute Gasteiger partial charge is 0.225 e. The minimum Gasteiger partial charge on any atom is -0.481 e. The summed E-state index contributed by atoms with van der Waals surface area (Å²) in [6.45, 7) is 3.50. The second kappa shape index (κ2) is 5.99. The lowest BCUT2D eigenvalue weighted by atomic mass is 10.3. The molecule has 0 unspecified atom stereocenters. The second-order valence-corrected chi connectivity index (χ2v) is 3.96. The van der Waals surface area contributed by atoms with Gasteiger partial charge in [0.15, 0.2) is 0 Å². The molecule has 6 nitrogen and oxygen atoms in total. The number of hydrogen-bond acceptors (Lipinski definition) is 6. The van der Waals surface area contributed by atoms with E-state index in [2.05, 4.69) is 19.9 Å². The van der Waals surface area contributed by atoms with E-state index in [1.54, 1.807) is 19.4 Å². The highest BCUT2D eigenvalue weighted by molar-refractivity contribution is 5.45. The Balaban J connectivity index is 2.24. The molecule has 0 atom stereocenters. The van der Waals surface area contributed by atoms with Crippen LogP contribution in [0.5, 0.6) is 5.88 Å². The van der Waals surface area contributed by atoms with Crippen LogP contribution >= 0.6 is 0 Å². The van der Waals surface area contributed by atoms with Crippen molar-refractivity contribution in [1.82, 2.24) is 15.0 Å². The highest BCUT2D eigenvalue weighted by atomic mass is 16.5. The van der Waals surface area contributed by atoms with Crippen molar-refractivity contribution in [2.75, 3.05) is 24.3 Å². The topological polar surface area (TPSA) is 77.2 Å². The van der Waals surface area contributed by atoms with Gasteiger partial charge in [-0.05, 0) is 19.1 Å². The van der Waals surface area contributed by atoms with Crippen molar-refractivity contribution in [1.29, 1.82) is 0 Å². The molecule has 2 aromatic rings. The van der Waals surface area contributed by atoms with Gasteiger partial charge in [0.05, 0.1) is 19.3 Å². The van der Waals surface area contributed by atoms with Gasteiger partial charge < -0.3 is 15.4 Å². The average Bonchev–Trinajstić information content (AvgIpc) is 2.45. The minimum atomic E-state index is 0.203. The predicted octanol–water partition coefficient (Wildman–Crippen LogP) is 1.49. The average molecular weight is 259 g/mol. The standard InChI is InChI=1S/C13H17N5O/c1-3-18(9-10-6-4-5-7-15-10)11-8-12(19-2)17-13(14)16-11/h4-8H,3,9H2,1-2H3,(H2,14,16,17). The first-order valence-corrected chi connectivity index (χ1v) is 6.06. The zero-order valence-corrected chi connectivity index (χ0v) is 11.1. The number of aromatic nitrogens is 3. The van der Waals surface area contributed by atoms with Crippen molar-refractivity contribution in [2.24, 2.45) is 0 Å². The van der Waals surface area contributed by atoms with E-state index in [1.807, 2.05) is 25.1 Å². The van der Waals surface area contributed by atoms with Crippen LogP contribution in [0.4, 0.5) is 11.8 Å². The number of nitrogens with two attached hydrogens (primary N) is 1. The lowest BCUT2D eigenvalue weighted by Crippen LogP contribution is -2.24. The quantitative estimate of drug-likeness (QED) is 0.876. The van der Waals surface area contributed by atoms with Crippen LogP contribution in [0, 0.1) is 0 Å². The molecule has 0 spiro atoms. The molecule has 0 saturated carbocycles. The van der Waals surface area contributed by atoms with Crippen molar-refractivity contribution in [3.63, 3.8) is 0 Å². The molecule has 6 heteroatoms. The number of methoxy groups -OCH3 is 1. The maximum absolute atomic E-state index is 5.68. The van der Waals surface area contributed by atoms with Gasteiger partial charge in [0.25, 0.3) is 0 Å². The number of hydrogen-bond donors (Lipinski definition) is 1. The monoisotopic (exact) mass is 259 g/mol. The fraction of sp³-hybridized carbons (Fsp3) is 0.308. The Morgan fingerprint density at radius 3 is 2.79 bits per heavy atom. The predicted molar refractivity (Wildman–Crippen MR) is 74.0 cm³/mol. The van der Waals surface area contributed by atoms with Crippen LogP contribution in [0.2, 0.25) is 0 Å². The molecule has 0 fully saturated rings. The summed E-state index contributed by atoms with van der Waals surface area (Å²) >= 11 is 0. The van der Waals surface area contributed by atoms with Crippen molar-refractivity contribution < 1.29 is 4.74 Å². The third-order valence-corrected chi connectivity index (χ3v) is 2.70. The molecule has 0 aliphatic rings. The summed E-state index contributed by atoms with van der Waals surface area (Å²) in [6.07, 6.45) is 1.78. The number of pyridine rings is 1. The normalized spacial score (nSPS) is 10.2. The van der Waals surface area contributed by atoms with Crippen LogP contribution in [0.15, 0.2) is 30.5 Å². The molecule has 0 radical (unpaired) electrons. The Labute approximate surface area is 112 Å². The van der Waals surface area contributed by atoms with Crippen molar-refractivity contribution in [3.05, 3.63) is 36.2 Å². The molecule has 19 heavy (non-hydrogen) atoms. The van der Waals surface area contributed by atoms with Crippen LogP contribution in [0.25, 0.3) is 0 Å². The summed E-state index contributed by atoms with van der Waals surface area (Å²) in [4.78, 5) is 14.6. The zero-order chi connectivity index (χ0) is 13.7. The van der Waals surface area contributed by atoms with E-state index in [0.717, 1.165) is 18.1 Å². The van der Waals surface area contributed by atoms with E-state index in [4.69, 9.17) is 10.5 Å². The van der Waals surface area contributed by atoms with Crippen LogP contribution in [-0.4, -0.2) is 28.6 Å². The molecule has 2 rings (SSSR count). The Morgan fingerprint density at radius 2 is 2.16 bits per heavy atom. The Hall–Kier alpha value is -2.37. The number of rotatable bonds is 5. The molecule has 2 aromatic heterocycles. The Kier molecular flexibility index (Phi) is 4.12. The van der Waals surface area contributed by atoms with Crippen molar-refractivity contribution in [3.8, 4) is 5.88 Å². The summed E-state index contributed by atoms with van der Waals surface area (Å²) in [5.41, 5.74) is 6.65. The molecule has 100 valence electrons. The molecule has 0 amide bonds. The highest BCUT2D eigenvalue weighted by Crippen LogP contribution is 2.19. The second-order valence-electron chi connectivity index (χ2n) is 3.96. The highest BCUT2D eigenvalue weighted by Gasteiger charge is 2.10. The van der Waals surface area contributed by atoms with Gasteiger partial charge in [-0.1, -0.05) is 6.07 Å². The van der Waals surface area contributed by atoms with Crippen LogP contribution in [0.3, 0.4) is 0 Å². The number of nitrogen functional groups attached to an aromatic ring is 1. The SMILES string of the molecule is CCN(Cc1ccccn1)c1cc(OC)nc(N)n1. The van der Waals surface area contributed by atoms with Gasteiger partial charge in [-0.25, -0.2) is 0 Å².